The summed E-state index contributed by atoms with van der Waals surface area (Å²) in [5, 5.41) is 5.24. The lowest BCUT2D eigenvalue weighted by Gasteiger charge is -2.45. The van der Waals surface area contributed by atoms with Crippen LogP contribution in [0.2, 0.25) is 5.02 Å². The number of fused-ring (bicyclic) bond motifs is 3. The van der Waals surface area contributed by atoms with Crippen LogP contribution in [0.15, 0.2) is 78.2 Å². The van der Waals surface area contributed by atoms with Crippen molar-refractivity contribution in [3.63, 3.8) is 0 Å². The molecule has 50 heavy (non-hydrogen) atoms. The number of piperidine rings is 2. The van der Waals surface area contributed by atoms with Crippen molar-refractivity contribution >= 4 is 44.6 Å². The molecule has 3 aliphatic rings. The maximum Gasteiger partial charge on any atom is 0.416 e. The molecular formula is C37H39ClF3N5O3S. The fraction of sp³-hybridized carbons (Fsp3) is 0.405. The number of para-hydroxylation sites is 2. The maximum absolute atomic E-state index is 13.5. The molecule has 2 bridgehead atoms. The molecule has 0 saturated carbocycles. The average molecular weight is 726 g/mol. The predicted octanol–water partition coefficient (Wildman–Crippen LogP) is 7.43. The number of amides is 1. The first kappa shape index (κ1) is 34.7. The molecule has 4 heterocycles. The van der Waals surface area contributed by atoms with E-state index in [0.29, 0.717) is 44.1 Å². The Labute approximate surface area is 294 Å². The van der Waals surface area contributed by atoms with Gasteiger partial charge in [-0.25, -0.2) is 18.5 Å². The minimum absolute atomic E-state index is 0.0680. The van der Waals surface area contributed by atoms with Crippen molar-refractivity contribution in [1.82, 2.24) is 19.4 Å². The average Bonchev–Trinajstić information content (AvgIpc) is 3.59. The topological polar surface area (TPSA) is 102 Å². The van der Waals surface area contributed by atoms with Gasteiger partial charge in [-0.3, -0.25) is 9.69 Å². The Morgan fingerprint density at radius 1 is 1.00 bits per heavy atom. The second-order valence-corrected chi connectivity index (χ2v) is 15.8. The third-order valence-electron chi connectivity index (χ3n) is 11.2. The Morgan fingerprint density at radius 2 is 1.66 bits per heavy atom. The number of alkyl halides is 3. The monoisotopic (exact) mass is 725 g/mol. The summed E-state index contributed by atoms with van der Waals surface area (Å²) in [7, 11) is -4.14. The fourth-order valence-electron chi connectivity index (χ4n) is 8.63. The van der Waals surface area contributed by atoms with Gasteiger partial charge in [0.05, 0.1) is 21.6 Å². The summed E-state index contributed by atoms with van der Waals surface area (Å²) >= 11 is 6.04. The number of hydrogen-bond donors (Lipinski definition) is 1. The van der Waals surface area contributed by atoms with E-state index in [-0.39, 0.29) is 21.4 Å². The number of rotatable bonds is 8. The molecule has 13 heteroatoms. The predicted molar refractivity (Wildman–Crippen MR) is 187 cm³/mol. The number of halogens is 4. The van der Waals surface area contributed by atoms with Crippen LogP contribution in [0.1, 0.15) is 78.3 Å². The molecule has 3 saturated heterocycles. The lowest BCUT2D eigenvalue weighted by atomic mass is 9.70. The summed E-state index contributed by atoms with van der Waals surface area (Å²) in [6.07, 6.45) is 3.37. The summed E-state index contributed by atoms with van der Waals surface area (Å²) in [6.45, 7) is 5.54. The van der Waals surface area contributed by atoms with E-state index in [1.165, 1.54) is 18.2 Å². The highest BCUT2D eigenvalue weighted by Gasteiger charge is 2.44. The van der Waals surface area contributed by atoms with Crippen LogP contribution in [0.4, 0.5) is 13.2 Å². The number of hydrogen-bond acceptors (Lipinski definition) is 5. The van der Waals surface area contributed by atoms with Crippen molar-refractivity contribution in [3.8, 4) is 0 Å². The molecule has 4 aromatic rings. The SMILES string of the molecule is C=Cc1nc2ccccc2n1C1C[C@H]2CC[C@@H](C1)N2CCC1(c2ccc(C(F)(F)F)cc2)CCN(C(=O)c2ccc(Cl)c(S(N)(=O)=O)c2)CC1. The van der Waals surface area contributed by atoms with Gasteiger partial charge in [0.15, 0.2) is 0 Å². The fourth-order valence-corrected chi connectivity index (χ4v) is 9.70. The summed E-state index contributed by atoms with van der Waals surface area (Å²) in [5.41, 5.74) is 1.93. The Bertz CT molecular complexity index is 2030. The molecule has 1 amide bonds. The number of benzene rings is 3. The molecule has 2 N–H and O–H groups in total. The molecular weight excluding hydrogens is 687 g/mol. The number of imidazole rings is 1. The van der Waals surface area contributed by atoms with E-state index in [1.807, 2.05) is 24.3 Å². The van der Waals surface area contributed by atoms with Crippen LogP contribution in [-0.2, 0) is 21.6 Å². The van der Waals surface area contributed by atoms with Gasteiger partial charge >= 0.3 is 6.18 Å². The van der Waals surface area contributed by atoms with Gasteiger partial charge in [0.1, 0.15) is 10.7 Å². The largest absolute Gasteiger partial charge is 0.416 e. The van der Waals surface area contributed by atoms with Gasteiger partial charge in [-0.1, -0.05) is 42.4 Å². The van der Waals surface area contributed by atoms with Crippen LogP contribution >= 0.6 is 11.6 Å². The molecule has 264 valence electrons. The maximum atomic E-state index is 13.5. The Kier molecular flexibility index (Phi) is 9.11. The quantitative estimate of drug-likeness (QED) is 0.204. The Hall–Kier alpha value is -3.71. The Morgan fingerprint density at radius 3 is 2.28 bits per heavy atom. The molecule has 3 aliphatic heterocycles. The van der Waals surface area contributed by atoms with Crippen LogP contribution in [0.25, 0.3) is 17.1 Å². The van der Waals surface area contributed by atoms with Crippen LogP contribution in [-0.4, -0.2) is 65.4 Å². The van der Waals surface area contributed by atoms with Crippen molar-refractivity contribution in [2.24, 2.45) is 5.14 Å². The zero-order valence-corrected chi connectivity index (χ0v) is 29.0. The van der Waals surface area contributed by atoms with Crippen molar-refractivity contribution in [2.75, 3.05) is 19.6 Å². The van der Waals surface area contributed by atoms with Gasteiger partial charge in [-0.2, -0.15) is 13.2 Å². The van der Waals surface area contributed by atoms with Crippen LogP contribution in [0.5, 0.6) is 0 Å². The third kappa shape index (κ3) is 6.47. The van der Waals surface area contributed by atoms with Gasteiger partial charge in [-0.05, 0) is 111 Å². The highest BCUT2D eigenvalue weighted by atomic mass is 35.5. The molecule has 0 aliphatic carbocycles. The van der Waals surface area contributed by atoms with E-state index in [9.17, 15) is 26.4 Å². The normalized spacial score (nSPS) is 22.6. The van der Waals surface area contributed by atoms with Crippen molar-refractivity contribution in [3.05, 3.63) is 101 Å². The summed E-state index contributed by atoms with van der Waals surface area (Å²) in [6, 6.07) is 18.7. The lowest BCUT2D eigenvalue weighted by molar-refractivity contribution is -0.137. The highest BCUT2D eigenvalue weighted by molar-refractivity contribution is 7.89. The number of primary sulfonamides is 1. The van der Waals surface area contributed by atoms with E-state index in [2.05, 4.69) is 22.1 Å². The van der Waals surface area contributed by atoms with Gasteiger partial charge in [0.2, 0.25) is 10.0 Å². The van der Waals surface area contributed by atoms with Gasteiger partial charge < -0.3 is 9.47 Å². The minimum atomic E-state index is -4.44. The summed E-state index contributed by atoms with van der Waals surface area (Å²) in [4.78, 5) is 22.3. The molecule has 1 unspecified atom stereocenters. The zero-order valence-electron chi connectivity index (χ0n) is 27.4. The number of carbonyl (C=O) groups excluding carboxylic acids is 1. The summed E-state index contributed by atoms with van der Waals surface area (Å²) < 4.78 is 67.0. The molecule has 3 atom stereocenters. The first-order chi connectivity index (χ1) is 23.8. The number of nitrogens with two attached hydrogens (primary N) is 1. The van der Waals surface area contributed by atoms with Crippen LogP contribution in [0.3, 0.4) is 0 Å². The second-order valence-electron chi connectivity index (χ2n) is 13.9. The molecule has 7 rings (SSSR count). The molecule has 0 spiro atoms. The molecule has 3 aromatic carbocycles. The van der Waals surface area contributed by atoms with E-state index in [4.69, 9.17) is 21.7 Å². The number of sulfonamides is 1. The van der Waals surface area contributed by atoms with Crippen LogP contribution in [0, 0.1) is 0 Å². The van der Waals surface area contributed by atoms with E-state index in [0.717, 1.165) is 73.2 Å². The highest BCUT2D eigenvalue weighted by Crippen LogP contribution is 2.46. The molecule has 8 nitrogen and oxygen atoms in total. The van der Waals surface area contributed by atoms with Crippen molar-refractivity contribution in [1.29, 1.82) is 0 Å². The minimum Gasteiger partial charge on any atom is -0.339 e. The first-order valence-electron chi connectivity index (χ1n) is 16.9. The molecule has 0 radical (unpaired) electrons. The van der Waals surface area contributed by atoms with Gasteiger partial charge in [0, 0.05) is 36.8 Å². The Balaban J connectivity index is 1.11. The third-order valence-corrected chi connectivity index (χ3v) is 12.6. The molecule has 1 aromatic heterocycles. The second kappa shape index (κ2) is 13.1. The number of carbonyl (C=O) groups is 1. The summed E-state index contributed by atoms with van der Waals surface area (Å²) in [5.74, 6) is 0.532. The number of aromatic nitrogens is 2. The molecule has 3 fully saturated rings. The van der Waals surface area contributed by atoms with Crippen LogP contribution < -0.4 is 5.14 Å². The smallest absolute Gasteiger partial charge is 0.339 e. The van der Waals surface area contributed by atoms with E-state index in [1.54, 1.807) is 17.0 Å². The zero-order chi connectivity index (χ0) is 35.4. The number of nitrogens with zero attached hydrogens (tertiary/aromatic N) is 4. The van der Waals surface area contributed by atoms with Gasteiger partial charge in [-0.15, -0.1) is 0 Å². The van der Waals surface area contributed by atoms with Crippen molar-refractivity contribution in [2.45, 2.75) is 79.6 Å². The lowest BCUT2D eigenvalue weighted by Crippen LogP contribution is -2.49. The number of likely N-dealkylation sites (tertiary alicyclic amines) is 1. The first-order valence-corrected chi connectivity index (χ1v) is 18.8. The van der Waals surface area contributed by atoms with Crippen molar-refractivity contribution < 1.29 is 26.4 Å². The van der Waals surface area contributed by atoms with Gasteiger partial charge in [0.25, 0.3) is 5.91 Å². The van der Waals surface area contributed by atoms with E-state index < -0.39 is 27.2 Å². The standard InChI is InChI=1S/C37H39ClF3N5O3S/c1-2-34-43-31-5-3-4-6-32(31)46(34)29-22-27-12-13-28(23-29)45(27)20-17-36(25-8-10-26(11-9-25)37(39,40)41)15-18-44(19-16-36)35(47)24-7-14-30(38)33(21-24)50(42,48)49/h2-11,14,21,27-29H,1,12-13,15-20,22-23H2,(H2,42,48,49)/t27-,28+,29?. The van der Waals surface area contributed by atoms with E-state index >= 15 is 0 Å².